The Morgan fingerprint density at radius 3 is 2.94 bits per heavy atom. The summed E-state index contributed by atoms with van der Waals surface area (Å²) in [7, 11) is 0. The van der Waals surface area contributed by atoms with Gasteiger partial charge in [-0.2, -0.15) is 0 Å². The first-order valence-corrected chi connectivity index (χ1v) is 7.99. The van der Waals surface area contributed by atoms with Crippen LogP contribution < -0.4 is 5.32 Å². The van der Waals surface area contributed by atoms with Gasteiger partial charge < -0.3 is 5.32 Å². The molecule has 0 amide bonds. The molecule has 3 atom stereocenters. The molecular weight excluding hydrogens is 228 g/mol. The topological polar surface area (TPSA) is 24.4 Å². The van der Waals surface area contributed by atoms with Crippen LogP contribution >= 0.6 is 11.8 Å². The van der Waals surface area contributed by atoms with Gasteiger partial charge in [0.1, 0.15) is 0 Å². The van der Waals surface area contributed by atoms with Crippen LogP contribution in [-0.4, -0.2) is 23.0 Å². The van der Waals surface area contributed by atoms with Gasteiger partial charge >= 0.3 is 0 Å². The highest BCUT2D eigenvalue weighted by molar-refractivity contribution is 8.14. The van der Waals surface area contributed by atoms with Crippen molar-refractivity contribution < 1.29 is 0 Å². The standard InChI is InChI=1S/C14H26N2S/c1-10(2)7-13-9-15-14(17-13)16-12-6-4-5-11(3)8-12/h10-13H,4-9H2,1-3H3,(H,15,16). The zero-order valence-electron chi connectivity index (χ0n) is 11.4. The molecule has 0 radical (unpaired) electrons. The van der Waals surface area contributed by atoms with Gasteiger partial charge in [-0.1, -0.05) is 45.4 Å². The summed E-state index contributed by atoms with van der Waals surface area (Å²) in [5.74, 6) is 1.68. The molecule has 1 N–H and O–H groups in total. The van der Waals surface area contributed by atoms with Crippen LogP contribution in [0.25, 0.3) is 0 Å². The predicted molar refractivity (Wildman–Crippen MR) is 77.7 cm³/mol. The van der Waals surface area contributed by atoms with Crippen LogP contribution in [0.5, 0.6) is 0 Å². The average molecular weight is 254 g/mol. The Morgan fingerprint density at radius 2 is 2.24 bits per heavy atom. The van der Waals surface area contributed by atoms with Crippen LogP contribution in [0.4, 0.5) is 0 Å². The summed E-state index contributed by atoms with van der Waals surface area (Å²) < 4.78 is 0. The van der Waals surface area contributed by atoms with Gasteiger partial charge in [-0.3, -0.25) is 4.99 Å². The van der Waals surface area contributed by atoms with E-state index in [0.29, 0.717) is 6.04 Å². The van der Waals surface area contributed by atoms with Crippen LogP contribution in [0.3, 0.4) is 0 Å². The van der Waals surface area contributed by atoms with E-state index < -0.39 is 0 Å². The summed E-state index contributed by atoms with van der Waals surface area (Å²) in [5, 5.41) is 5.60. The van der Waals surface area contributed by atoms with Crippen molar-refractivity contribution >= 4 is 16.9 Å². The Labute approximate surface area is 110 Å². The fourth-order valence-electron chi connectivity index (χ4n) is 2.89. The molecule has 1 heterocycles. The van der Waals surface area contributed by atoms with E-state index in [1.807, 2.05) is 11.8 Å². The maximum Gasteiger partial charge on any atom is 0.157 e. The van der Waals surface area contributed by atoms with Crippen molar-refractivity contribution in [2.75, 3.05) is 6.54 Å². The predicted octanol–water partition coefficient (Wildman–Crippen LogP) is 3.67. The van der Waals surface area contributed by atoms with Crippen LogP contribution in [-0.2, 0) is 0 Å². The van der Waals surface area contributed by atoms with Gasteiger partial charge in [0, 0.05) is 11.3 Å². The molecule has 0 saturated heterocycles. The van der Waals surface area contributed by atoms with E-state index in [2.05, 4.69) is 31.1 Å². The van der Waals surface area contributed by atoms with E-state index in [1.54, 1.807) is 0 Å². The Kier molecular flexibility index (Phi) is 4.78. The first kappa shape index (κ1) is 13.3. The minimum absolute atomic E-state index is 0.683. The Hall–Kier alpha value is -0.180. The van der Waals surface area contributed by atoms with Crippen molar-refractivity contribution in [2.24, 2.45) is 16.8 Å². The monoisotopic (exact) mass is 254 g/mol. The summed E-state index contributed by atoms with van der Waals surface area (Å²) in [6.07, 6.45) is 6.74. The van der Waals surface area contributed by atoms with Gasteiger partial charge in [-0.25, -0.2) is 0 Å². The molecule has 1 aliphatic carbocycles. The second kappa shape index (κ2) is 6.12. The average Bonchev–Trinajstić information content (AvgIpc) is 2.64. The lowest BCUT2D eigenvalue weighted by Crippen LogP contribution is -2.36. The first-order chi connectivity index (χ1) is 8.13. The van der Waals surface area contributed by atoms with Gasteiger partial charge in [-0.05, 0) is 31.1 Å². The summed E-state index contributed by atoms with van der Waals surface area (Å²) in [5.41, 5.74) is 0. The van der Waals surface area contributed by atoms with E-state index in [9.17, 15) is 0 Å². The van der Waals surface area contributed by atoms with Gasteiger partial charge in [0.2, 0.25) is 0 Å². The van der Waals surface area contributed by atoms with Crippen molar-refractivity contribution in [2.45, 2.75) is 64.2 Å². The fraction of sp³-hybridized carbons (Fsp3) is 0.929. The molecule has 0 aromatic rings. The van der Waals surface area contributed by atoms with Crippen LogP contribution in [0.15, 0.2) is 4.99 Å². The van der Waals surface area contributed by atoms with Crippen molar-refractivity contribution in [3.63, 3.8) is 0 Å². The molecule has 1 saturated carbocycles. The molecule has 0 aromatic carbocycles. The lowest BCUT2D eigenvalue weighted by atomic mass is 9.87. The van der Waals surface area contributed by atoms with Crippen LogP contribution in [0, 0.1) is 11.8 Å². The summed E-state index contributed by atoms with van der Waals surface area (Å²) in [6, 6.07) is 0.683. The molecule has 17 heavy (non-hydrogen) atoms. The van der Waals surface area contributed by atoms with Gasteiger partial charge in [0.05, 0.1) is 6.54 Å². The third-order valence-corrected chi connectivity index (χ3v) is 4.86. The molecule has 3 unspecified atom stereocenters. The summed E-state index contributed by atoms with van der Waals surface area (Å²) in [6.45, 7) is 8.00. The molecule has 0 bridgehead atoms. The zero-order chi connectivity index (χ0) is 12.3. The van der Waals surface area contributed by atoms with E-state index >= 15 is 0 Å². The zero-order valence-corrected chi connectivity index (χ0v) is 12.2. The van der Waals surface area contributed by atoms with Gasteiger partial charge in [0.15, 0.2) is 5.17 Å². The fourth-order valence-corrected chi connectivity index (χ4v) is 4.21. The highest BCUT2D eigenvalue weighted by Crippen LogP contribution is 2.28. The van der Waals surface area contributed by atoms with E-state index in [4.69, 9.17) is 0 Å². The molecule has 3 heteroatoms. The third kappa shape index (κ3) is 4.20. The summed E-state index contributed by atoms with van der Waals surface area (Å²) >= 11 is 1.97. The van der Waals surface area contributed by atoms with E-state index in [-0.39, 0.29) is 0 Å². The molecule has 1 aliphatic heterocycles. The molecule has 1 fully saturated rings. The second-order valence-corrected chi connectivity index (χ2v) is 7.42. The first-order valence-electron chi connectivity index (χ1n) is 7.11. The maximum atomic E-state index is 4.66. The van der Waals surface area contributed by atoms with Crippen molar-refractivity contribution in [3.05, 3.63) is 0 Å². The molecule has 0 spiro atoms. The molecule has 0 aromatic heterocycles. The number of nitrogens with zero attached hydrogens (tertiary/aromatic N) is 1. The minimum atomic E-state index is 0.683. The molecule has 98 valence electrons. The van der Waals surface area contributed by atoms with E-state index in [0.717, 1.165) is 23.6 Å². The molecule has 2 rings (SSSR count). The Balaban J connectivity index is 1.73. The van der Waals surface area contributed by atoms with E-state index in [1.165, 1.54) is 37.3 Å². The number of hydrogen-bond acceptors (Lipinski definition) is 3. The van der Waals surface area contributed by atoms with Crippen LogP contribution in [0.2, 0.25) is 0 Å². The maximum absolute atomic E-state index is 4.66. The molecule has 2 aliphatic rings. The van der Waals surface area contributed by atoms with Crippen molar-refractivity contribution in [3.8, 4) is 0 Å². The van der Waals surface area contributed by atoms with Crippen molar-refractivity contribution in [1.82, 2.24) is 5.32 Å². The Morgan fingerprint density at radius 1 is 1.41 bits per heavy atom. The summed E-state index contributed by atoms with van der Waals surface area (Å²) in [4.78, 5) is 4.66. The number of thioether (sulfide) groups is 1. The lowest BCUT2D eigenvalue weighted by Gasteiger charge is -2.28. The molecular formula is C14H26N2S. The largest absolute Gasteiger partial charge is 0.362 e. The van der Waals surface area contributed by atoms with Gasteiger partial charge in [0.25, 0.3) is 0 Å². The number of nitrogens with one attached hydrogen (secondary N) is 1. The normalized spacial score (nSPS) is 33.9. The minimum Gasteiger partial charge on any atom is -0.362 e. The highest BCUT2D eigenvalue weighted by atomic mass is 32.2. The second-order valence-electron chi connectivity index (χ2n) is 6.13. The number of amidine groups is 1. The number of rotatable bonds is 3. The molecule has 2 nitrogen and oxygen atoms in total. The van der Waals surface area contributed by atoms with Crippen molar-refractivity contribution in [1.29, 1.82) is 0 Å². The van der Waals surface area contributed by atoms with Gasteiger partial charge in [-0.15, -0.1) is 0 Å². The van der Waals surface area contributed by atoms with Crippen LogP contribution in [0.1, 0.15) is 52.9 Å². The number of hydrogen-bond donors (Lipinski definition) is 1. The Bertz CT molecular complexity index is 275. The smallest absolute Gasteiger partial charge is 0.157 e. The highest BCUT2D eigenvalue weighted by Gasteiger charge is 2.24. The number of aliphatic imine (C=N–C) groups is 1. The quantitative estimate of drug-likeness (QED) is 0.831. The SMILES string of the molecule is CC(C)CC1CN=C(NC2CCCC(C)C2)S1. The third-order valence-electron chi connectivity index (χ3n) is 3.72. The lowest BCUT2D eigenvalue weighted by molar-refractivity contribution is 0.327.